The van der Waals surface area contributed by atoms with Crippen LogP contribution in [0.4, 0.5) is 13.2 Å². The van der Waals surface area contributed by atoms with E-state index in [9.17, 15) is 18.0 Å². The molecule has 8 heteroatoms. The third-order valence-electron chi connectivity index (χ3n) is 4.49. The fraction of sp³-hybridized carbons (Fsp3) is 0.294. The maximum absolute atomic E-state index is 12.9. The summed E-state index contributed by atoms with van der Waals surface area (Å²) in [6, 6.07) is 7.86. The number of benzene rings is 1. The van der Waals surface area contributed by atoms with Crippen molar-refractivity contribution in [3.05, 3.63) is 63.5 Å². The van der Waals surface area contributed by atoms with Crippen molar-refractivity contribution in [2.75, 3.05) is 6.54 Å². The standard InChI is InChI=1S/C17H15F3N4O/c18-17(19,20)16-22-14-9-24(6-5-12(14)15(25)23-16)8-10-7-21-13-4-2-1-3-11(10)13/h1-4,7,21H,5-6,8-9H2,(H,22,23,25). The highest BCUT2D eigenvalue weighted by Crippen LogP contribution is 2.27. The van der Waals surface area contributed by atoms with Crippen molar-refractivity contribution >= 4 is 10.9 Å². The molecule has 0 bridgehead atoms. The van der Waals surface area contributed by atoms with Crippen LogP contribution in [0.3, 0.4) is 0 Å². The van der Waals surface area contributed by atoms with Gasteiger partial charge in [0.25, 0.3) is 5.56 Å². The van der Waals surface area contributed by atoms with Crippen LogP contribution in [-0.2, 0) is 25.7 Å². The smallest absolute Gasteiger partial charge is 0.361 e. The molecule has 5 nitrogen and oxygen atoms in total. The van der Waals surface area contributed by atoms with E-state index in [1.54, 1.807) is 0 Å². The highest BCUT2D eigenvalue weighted by molar-refractivity contribution is 5.82. The van der Waals surface area contributed by atoms with Crippen molar-refractivity contribution in [1.29, 1.82) is 0 Å². The summed E-state index contributed by atoms with van der Waals surface area (Å²) in [6.45, 7) is 1.41. The second-order valence-corrected chi connectivity index (χ2v) is 6.16. The van der Waals surface area contributed by atoms with Crippen molar-refractivity contribution in [3.8, 4) is 0 Å². The molecule has 0 atom stereocenters. The lowest BCUT2D eigenvalue weighted by molar-refractivity contribution is -0.145. The summed E-state index contributed by atoms with van der Waals surface area (Å²) in [4.78, 5) is 22.6. The van der Waals surface area contributed by atoms with Gasteiger partial charge in [-0.3, -0.25) is 9.69 Å². The van der Waals surface area contributed by atoms with Crippen LogP contribution in [-0.4, -0.2) is 26.4 Å². The molecule has 1 aliphatic rings. The lowest BCUT2D eigenvalue weighted by atomic mass is 10.1. The summed E-state index contributed by atoms with van der Waals surface area (Å²) in [5, 5.41) is 1.09. The zero-order valence-corrected chi connectivity index (χ0v) is 13.2. The molecule has 0 amide bonds. The topological polar surface area (TPSA) is 64.8 Å². The molecule has 25 heavy (non-hydrogen) atoms. The van der Waals surface area contributed by atoms with E-state index >= 15 is 0 Å². The predicted octanol–water partition coefficient (Wildman–Crippen LogP) is 2.83. The number of rotatable bonds is 2. The first-order chi connectivity index (χ1) is 11.9. The predicted molar refractivity (Wildman–Crippen MR) is 86.0 cm³/mol. The number of hydrogen-bond acceptors (Lipinski definition) is 3. The van der Waals surface area contributed by atoms with E-state index in [2.05, 4.69) is 9.97 Å². The van der Waals surface area contributed by atoms with E-state index in [-0.39, 0.29) is 12.2 Å². The number of aromatic nitrogens is 3. The van der Waals surface area contributed by atoms with Gasteiger partial charge in [0, 0.05) is 42.3 Å². The monoisotopic (exact) mass is 348 g/mol. The molecule has 130 valence electrons. The Morgan fingerprint density at radius 1 is 1.24 bits per heavy atom. The minimum Gasteiger partial charge on any atom is -0.361 e. The Labute approximate surface area is 140 Å². The zero-order valence-electron chi connectivity index (χ0n) is 13.2. The largest absolute Gasteiger partial charge is 0.449 e. The molecule has 2 aromatic heterocycles. The van der Waals surface area contributed by atoms with Gasteiger partial charge in [0.1, 0.15) is 0 Å². The Hall–Kier alpha value is -2.61. The second kappa shape index (κ2) is 5.73. The minimum absolute atomic E-state index is 0.210. The Balaban J connectivity index is 1.62. The lowest BCUT2D eigenvalue weighted by Crippen LogP contribution is -2.36. The minimum atomic E-state index is -4.66. The molecule has 0 fully saturated rings. The summed E-state index contributed by atoms with van der Waals surface area (Å²) in [5.74, 6) is -1.23. The van der Waals surface area contributed by atoms with E-state index in [0.717, 1.165) is 16.5 Å². The van der Waals surface area contributed by atoms with Crippen LogP contribution in [0.2, 0.25) is 0 Å². The zero-order chi connectivity index (χ0) is 17.6. The van der Waals surface area contributed by atoms with Gasteiger partial charge in [-0.15, -0.1) is 0 Å². The summed E-state index contributed by atoms with van der Waals surface area (Å²) >= 11 is 0. The average Bonchev–Trinajstić information content (AvgIpc) is 2.97. The number of H-pyrrole nitrogens is 2. The number of alkyl halides is 3. The molecule has 0 spiro atoms. The van der Waals surface area contributed by atoms with Crippen molar-refractivity contribution in [2.45, 2.75) is 25.7 Å². The van der Waals surface area contributed by atoms with Gasteiger partial charge in [0.05, 0.1) is 5.69 Å². The number of fused-ring (bicyclic) bond motifs is 2. The quantitative estimate of drug-likeness (QED) is 0.748. The molecule has 2 N–H and O–H groups in total. The second-order valence-electron chi connectivity index (χ2n) is 6.16. The van der Waals surface area contributed by atoms with E-state index in [4.69, 9.17) is 0 Å². The Morgan fingerprint density at radius 2 is 2.04 bits per heavy atom. The average molecular weight is 348 g/mol. The van der Waals surface area contributed by atoms with Gasteiger partial charge < -0.3 is 9.97 Å². The van der Waals surface area contributed by atoms with Crippen LogP contribution in [0, 0.1) is 0 Å². The van der Waals surface area contributed by atoms with Gasteiger partial charge in [-0.2, -0.15) is 13.2 Å². The van der Waals surface area contributed by atoms with Crippen LogP contribution < -0.4 is 5.56 Å². The van der Waals surface area contributed by atoms with E-state index < -0.39 is 17.6 Å². The van der Waals surface area contributed by atoms with E-state index in [0.29, 0.717) is 25.1 Å². The highest BCUT2D eigenvalue weighted by Gasteiger charge is 2.36. The number of aromatic amines is 2. The Bertz CT molecular complexity index is 989. The summed E-state index contributed by atoms with van der Waals surface area (Å²) in [5.41, 5.74) is 1.96. The first kappa shape index (κ1) is 15.9. The molecule has 1 aromatic carbocycles. The number of hydrogen-bond donors (Lipinski definition) is 2. The van der Waals surface area contributed by atoms with E-state index in [1.165, 1.54) is 0 Å². The summed E-state index contributed by atoms with van der Waals surface area (Å²) in [7, 11) is 0. The van der Waals surface area contributed by atoms with Crippen LogP contribution in [0.1, 0.15) is 22.6 Å². The van der Waals surface area contributed by atoms with Crippen molar-refractivity contribution in [1.82, 2.24) is 19.9 Å². The number of halogens is 3. The molecule has 4 rings (SSSR count). The van der Waals surface area contributed by atoms with Crippen molar-refractivity contribution in [2.24, 2.45) is 0 Å². The molecule has 1 aliphatic heterocycles. The molecule has 3 aromatic rings. The molecule has 0 saturated carbocycles. The molecule has 0 unspecified atom stereocenters. The first-order valence-electron chi connectivity index (χ1n) is 7.88. The van der Waals surface area contributed by atoms with Crippen LogP contribution in [0.5, 0.6) is 0 Å². The molecular formula is C17H15F3N4O. The third-order valence-corrected chi connectivity index (χ3v) is 4.49. The van der Waals surface area contributed by atoms with Gasteiger partial charge in [-0.25, -0.2) is 4.98 Å². The van der Waals surface area contributed by atoms with Crippen LogP contribution in [0.15, 0.2) is 35.3 Å². The maximum atomic E-state index is 12.9. The van der Waals surface area contributed by atoms with Gasteiger partial charge in [0.2, 0.25) is 5.82 Å². The SMILES string of the molecule is O=c1[nH]c(C(F)(F)F)nc2c1CCN(Cc1c[nH]c3ccccc13)C2. The van der Waals surface area contributed by atoms with Crippen molar-refractivity contribution in [3.63, 3.8) is 0 Å². The highest BCUT2D eigenvalue weighted by atomic mass is 19.4. The van der Waals surface area contributed by atoms with Gasteiger partial charge in [0.15, 0.2) is 0 Å². The third kappa shape index (κ3) is 2.93. The molecular weight excluding hydrogens is 333 g/mol. The fourth-order valence-electron chi connectivity index (χ4n) is 3.27. The molecule has 0 aliphatic carbocycles. The molecule has 0 saturated heterocycles. The van der Waals surface area contributed by atoms with Gasteiger partial charge >= 0.3 is 6.18 Å². The lowest BCUT2D eigenvalue weighted by Gasteiger charge is -2.27. The number of para-hydroxylation sites is 1. The fourth-order valence-corrected chi connectivity index (χ4v) is 3.27. The first-order valence-corrected chi connectivity index (χ1v) is 7.88. The van der Waals surface area contributed by atoms with Gasteiger partial charge in [-0.05, 0) is 18.1 Å². The van der Waals surface area contributed by atoms with Crippen LogP contribution >= 0.6 is 0 Å². The maximum Gasteiger partial charge on any atom is 0.449 e. The Kier molecular flexibility index (Phi) is 3.64. The molecule has 0 radical (unpaired) electrons. The van der Waals surface area contributed by atoms with Gasteiger partial charge in [-0.1, -0.05) is 18.2 Å². The van der Waals surface area contributed by atoms with E-state index in [1.807, 2.05) is 40.3 Å². The number of nitrogens with zero attached hydrogens (tertiary/aromatic N) is 2. The summed E-state index contributed by atoms with van der Waals surface area (Å²) in [6.07, 6.45) is -2.36. The number of nitrogens with one attached hydrogen (secondary N) is 2. The summed E-state index contributed by atoms with van der Waals surface area (Å²) < 4.78 is 38.6. The van der Waals surface area contributed by atoms with Crippen LogP contribution in [0.25, 0.3) is 10.9 Å². The normalized spacial score (nSPS) is 15.5. The molecule has 3 heterocycles. The Morgan fingerprint density at radius 3 is 2.84 bits per heavy atom. The van der Waals surface area contributed by atoms with Crippen molar-refractivity contribution < 1.29 is 13.2 Å².